The summed E-state index contributed by atoms with van der Waals surface area (Å²) in [5.41, 5.74) is 0.704. The molecule has 1 aromatic rings. The standard InChI is InChI=1S/C17H24FN3O/c1-13-5-8-21(12-17(13)6-3-2-4-7-17)16(22)20-15-9-14(18)10-19-11-15/h9-11,13H,2-8,12H2,1H3,(H,20,22). The van der Waals surface area contributed by atoms with E-state index in [1.54, 1.807) is 0 Å². The maximum atomic E-state index is 13.2. The van der Waals surface area contributed by atoms with Gasteiger partial charge in [0, 0.05) is 19.2 Å². The van der Waals surface area contributed by atoms with Gasteiger partial charge < -0.3 is 10.2 Å². The molecule has 5 heteroatoms. The van der Waals surface area contributed by atoms with Crippen LogP contribution in [0.25, 0.3) is 0 Å². The Morgan fingerprint density at radius 1 is 1.36 bits per heavy atom. The average molecular weight is 305 g/mol. The van der Waals surface area contributed by atoms with Gasteiger partial charge in [-0.25, -0.2) is 9.18 Å². The number of urea groups is 1. The number of carbonyl (C=O) groups is 1. The molecule has 1 atom stereocenters. The van der Waals surface area contributed by atoms with Gasteiger partial charge in [-0.3, -0.25) is 4.98 Å². The predicted molar refractivity (Wildman–Crippen MR) is 84.1 cm³/mol. The van der Waals surface area contributed by atoms with Crippen molar-refractivity contribution in [2.45, 2.75) is 45.4 Å². The number of hydrogen-bond donors (Lipinski definition) is 1. The molecule has 0 aromatic carbocycles. The maximum Gasteiger partial charge on any atom is 0.321 e. The second kappa shape index (κ2) is 6.23. The number of pyridine rings is 1. The summed E-state index contributed by atoms with van der Waals surface area (Å²) < 4.78 is 13.2. The first-order valence-corrected chi connectivity index (χ1v) is 8.26. The second-order valence-corrected chi connectivity index (χ2v) is 6.86. The van der Waals surface area contributed by atoms with Crippen LogP contribution in [-0.2, 0) is 0 Å². The molecule has 4 nitrogen and oxygen atoms in total. The first-order valence-electron chi connectivity index (χ1n) is 8.26. The fourth-order valence-corrected chi connectivity index (χ4v) is 4.03. The van der Waals surface area contributed by atoms with E-state index >= 15 is 0 Å². The zero-order valence-corrected chi connectivity index (χ0v) is 13.1. The van der Waals surface area contributed by atoms with E-state index in [0.29, 0.717) is 11.6 Å². The number of anilines is 1. The first kappa shape index (κ1) is 15.3. The summed E-state index contributed by atoms with van der Waals surface area (Å²) in [5.74, 6) is 0.238. The highest BCUT2D eigenvalue weighted by Crippen LogP contribution is 2.46. The van der Waals surface area contributed by atoms with Gasteiger partial charge in [0.15, 0.2) is 0 Å². The Bertz CT molecular complexity index is 542. The Labute approximate surface area is 131 Å². The summed E-state index contributed by atoms with van der Waals surface area (Å²) in [4.78, 5) is 18.1. The summed E-state index contributed by atoms with van der Waals surface area (Å²) >= 11 is 0. The molecule has 1 aromatic heterocycles. The van der Waals surface area contributed by atoms with E-state index in [1.807, 2.05) is 4.90 Å². The summed E-state index contributed by atoms with van der Waals surface area (Å²) in [6, 6.07) is 1.16. The third-order valence-corrected chi connectivity index (χ3v) is 5.48. The molecule has 1 saturated heterocycles. The van der Waals surface area contributed by atoms with Crippen LogP contribution in [0.5, 0.6) is 0 Å². The number of nitrogens with one attached hydrogen (secondary N) is 1. The van der Waals surface area contributed by atoms with Crippen molar-refractivity contribution in [3.05, 3.63) is 24.3 Å². The quantitative estimate of drug-likeness (QED) is 0.851. The van der Waals surface area contributed by atoms with Crippen molar-refractivity contribution in [2.24, 2.45) is 11.3 Å². The van der Waals surface area contributed by atoms with E-state index in [-0.39, 0.29) is 11.4 Å². The number of carbonyl (C=O) groups excluding carboxylic acids is 1. The Balaban J connectivity index is 1.68. The van der Waals surface area contributed by atoms with Crippen LogP contribution in [0.3, 0.4) is 0 Å². The van der Waals surface area contributed by atoms with E-state index in [0.717, 1.165) is 25.7 Å². The second-order valence-electron chi connectivity index (χ2n) is 6.86. The zero-order chi connectivity index (χ0) is 15.6. The van der Waals surface area contributed by atoms with Crippen LogP contribution in [0.4, 0.5) is 14.9 Å². The topological polar surface area (TPSA) is 45.2 Å². The van der Waals surface area contributed by atoms with Gasteiger partial charge >= 0.3 is 6.03 Å². The summed E-state index contributed by atoms with van der Waals surface area (Å²) in [6.07, 6.45) is 9.96. The van der Waals surface area contributed by atoms with Crippen LogP contribution in [0.15, 0.2) is 18.5 Å². The third kappa shape index (κ3) is 3.08. The van der Waals surface area contributed by atoms with E-state index in [4.69, 9.17) is 0 Å². The van der Waals surface area contributed by atoms with Crippen molar-refractivity contribution in [3.8, 4) is 0 Å². The van der Waals surface area contributed by atoms with Gasteiger partial charge in [0.1, 0.15) is 5.82 Å². The molecule has 2 amide bonds. The molecular formula is C17H24FN3O. The summed E-state index contributed by atoms with van der Waals surface area (Å²) in [6.45, 7) is 3.93. The molecule has 0 radical (unpaired) electrons. The molecule has 1 aliphatic carbocycles. The minimum absolute atomic E-state index is 0.135. The molecular weight excluding hydrogens is 281 g/mol. The number of likely N-dealkylation sites (tertiary alicyclic amines) is 1. The molecule has 2 fully saturated rings. The van der Waals surface area contributed by atoms with Gasteiger partial charge in [-0.2, -0.15) is 0 Å². The minimum atomic E-state index is -0.436. The number of amides is 2. The Morgan fingerprint density at radius 3 is 2.86 bits per heavy atom. The van der Waals surface area contributed by atoms with Crippen molar-refractivity contribution >= 4 is 11.7 Å². The molecule has 1 saturated carbocycles. The Hall–Kier alpha value is -1.65. The Morgan fingerprint density at radius 2 is 2.14 bits per heavy atom. The number of nitrogens with zero attached hydrogens (tertiary/aromatic N) is 2. The van der Waals surface area contributed by atoms with Crippen LogP contribution in [0, 0.1) is 17.2 Å². The molecule has 1 aliphatic heterocycles. The van der Waals surface area contributed by atoms with Crippen LogP contribution in [0.2, 0.25) is 0 Å². The molecule has 22 heavy (non-hydrogen) atoms. The van der Waals surface area contributed by atoms with E-state index in [1.165, 1.54) is 44.4 Å². The fourth-order valence-electron chi connectivity index (χ4n) is 4.03. The molecule has 1 N–H and O–H groups in total. The normalized spacial score (nSPS) is 24.3. The van der Waals surface area contributed by atoms with E-state index in [9.17, 15) is 9.18 Å². The molecule has 2 aliphatic rings. The van der Waals surface area contributed by atoms with Crippen molar-refractivity contribution in [3.63, 3.8) is 0 Å². The fraction of sp³-hybridized carbons (Fsp3) is 0.647. The molecule has 120 valence electrons. The van der Waals surface area contributed by atoms with Crippen molar-refractivity contribution in [1.82, 2.24) is 9.88 Å². The van der Waals surface area contributed by atoms with Gasteiger partial charge in [0.2, 0.25) is 0 Å². The van der Waals surface area contributed by atoms with Crippen LogP contribution in [0.1, 0.15) is 45.4 Å². The SMILES string of the molecule is CC1CCN(C(=O)Nc2cncc(F)c2)CC12CCCCC2. The predicted octanol–water partition coefficient (Wildman–Crippen LogP) is 4.04. The van der Waals surface area contributed by atoms with Crippen LogP contribution in [-0.4, -0.2) is 29.0 Å². The third-order valence-electron chi connectivity index (χ3n) is 5.48. The van der Waals surface area contributed by atoms with E-state index < -0.39 is 5.82 Å². The number of rotatable bonds is 1. The highest BCUT2D eigenvalue weighted by Gasteiger charge is 2.42. The van der Waals surface area contributed by atoms with Crippen LogP contribution >= 0.6 is 0 Å². The lowest BCUT2D eigenvalue weighted by atomic mass is 9.63. The smallest absolute Gasteiger partial charge is 0.321 e. The molecule has 3 rings (SSSR count). The summed E-state index contributed by atoms with van der Waals surface area (Å²) in [7, 11) is 0. The van der Waals surface area contributed by atoms with Crippen molar-refractivity contribution < 1.29 is 9.18 Å². The van der Waals surface area contributed by atoms with Crippen LogP contribution < -0.4 is 5.32 Å². The monoisotopic (exact) mass is 305 g/mol. The lowest BCUT2D eigenvalue weighted by Gasteiger charge is -2.49. The number of piperidine rings is 1. The van der Waals surface area contributed by atoms with Gasteiger partial charge in [0.05, 0.1) is 18.1 Å². The summed E-state index contributed by atoms with van der Waals surface area (Å²) in [5, 5.41) is 2.77. The average Bonchev–Trinajstić information content (AvgIpc) is 2.51. The zero-order valence-electron chi connectivity index (χ0n) is 13.1. The maximum absolute atomic E-state index is 13.2. The van der Waals surface area contributed by atoms with Crippen molar-refractivity contribution in [1.29, 1.82) is 0 Å². The number of aromatic nitrogens is 1. The largest absolute Gasteiger partial charge is 0.324 e. The van der Waals surface area contributed by atoms with E-state index in [2.05, 4.69) is 17.2 Å². The lowest BCUT2D eigenvalue weighted by Crippen LogP contribution is -2.52. The lowest BCUT2D eigenvalue weighted by molar-refractivity contribution is 0.0237. The Kier molecular flexibility index (Phi) is 4.32. The number of halogens is 1. The molecule has 1 unspecified atom stereocenters. The van der Waals surface area contributed by atoms with Gasteiger partial charge in [0.25, 0.3) is 0 Å². The van der Waals surface area contributed by atoms with Gasteiger partial charge in [-0.05, 0) is 30.6 Å². The highest BCUT2D eigenvalue weighted by atomic mass is 19.1. The highest BCUT2D eigenvalue weighted by molar-refractivity contribution is 5.89. The molecule has 0 bridgehead atoms. The minimum Gasteiger partial charge on any atom is -0.324 e. The van der Waals surface area contributed by atoms with Gasteiger partial charge in [-0.15, -0.1) is 0 Å². The first-order chi connectivity index (χ1) is 10.6. The number of hydrogen-bond acceptors (Lipinski definition) is 2. The van der Waals surface area contributed by atoms with Gasteiger partial charge in [-0.1, -0.05) is 26.2 Å². The van der Waals surface area contributed by atoms with Crippen molar-refractivity contribution in [2.75, 3.05) is 18.4 Å². The molecule has 1 spiro atoms. The molecule has 2 heterocycles.